The number of anilines is 1. The molecule has 6 nitrogen and oxygen atoms in total. The monoisotopic (exact) mass is 290 g/mol. The van der Waals surface area contributed by atoms with E-state index in [-0.39, 0.29) is 17.0 Å². The molecule has 2 aromatic rings. The molecule has 0 radical (unpaired) electrons. The molecule has 0 atom stereocenters. The lowest BCUT2D eigenvalue weighted by Gasteiger charge is -2.08. The quantitative estimate of drug-likeness (QED) is 0.671. The maximum Gasteiger partial charge on any atom is 0.272 e. The Kier molecular flexibility index (Phi) is 3.84. The molecule has 0 unspecified atom stereocenters. The van der Waals surface area contributed by atoms with Crippen molar-refractivity contribution in [2.24, 2.45) is 0 Å². The average molecular weight is 290 g/mol. The van der Waals surface area contributed by atoms with Crippen LogP contribution < -0.4 is 5.32 Å². The van der Waals surface area contributed by atoms with Crippen LogP contribution in [-0.4, -0.2) is 15.9 Å². The van der Waals surface area contributed by atoms with Gasteiger partial charge >= 0.3 is 0 Å². The fourth-order valence-electron chi connectivity index (χ4n) is 1.74. The third kappa shape index (κ3) is 3.14. The summed E-state index contributed by atoms with van der Waals surface area (Å²) in [6, 6.07) is 7.32. The van der Waals surface area contributed by atoms with E-state index in [9.17, 15) is 24.4 Å². The van der Waals surface area contributed by atoms with Crippen LogP contribution in [0.1, 0.15) is 15.9 Å². The van der Waals surface area contributed by atoms with Crippen LogP contribution in [0.3, 0.4) is 0 Å². The number of nitrogens with one attached hydrogen (secondary N) is 1. The van der Waals surface area contributed by atoms with Gasteiger partial charge in [0.05, 0.1) is 22.2 Å². The third-order valence-electron chi connectivity index (χ3n) is 2.81. The number of carbonyl (C=O) groups excluding carboxylic acids is 1. The van der Waals surface area contributed by atoms with Crippen molar-refractivity contribution in [3.63, 3.8) is 0 Å². The second-order valence-corrected chi connectivity index (χ2v) is 4.40. The third-order valence-corrected chi connectivity index (χ3v) is 2.81. The zero-order valence-corrected chi connectivity index (χ0v) is 11.0. The van der Waals surface area contributed by atoms with Crippen molar-refractivity contribution in [1.29, 1.82) is 0 Å². The first-order valence-electron chi connectivity index (χ1n) is 5.93. The Hall–Kier alpha value is -2.96. The zero-order valence-electron chi connectivity index (χ0n) is 11.0. The van der Waals surface area contributed by atoms with E-state index in [2.05, 4.69) is 5.32 Å². The summed E-state index contributed by atoms with van der Waals surface area (Å²) in [5, 5.41) is 22.4. The van der Waals surface area contributed by atoms with E-state index in [1.807, 2.05) is 0 Å². The van der Waals surface area contributed by atoms with Crippen LogP contribution in [0.2, 0.25) is 0 Å². The number of hydrogen-bond acceptors (Lipinski definition) is 4. The van der Waals surface area contributed by atoms with Crippen molar-refractivity contribution in [2.75, 3.05) is 5.32 Å². The van der Waals surface area contributed by atoms with Gasteiger partial charge < -0.3 is 10.4 Å². The van der Waals surface area contributed by atoms with Crippen LogP contribution in [-0.2, 0) is 0 Å². The Morgan fingerprint density at radius 3 is 2.57 bits per heavy atom. The van der Waals surface area contributed by atoms with Gasteiger partial charge in [-0.25, -0.2) is 4.39 Å². The van der Waals surface area contributed by atoms with E-state index in [0.717, 1.165) is 17.7 Å². The van der Waals surface area contributed by atoms with Gasteiger partial charge in [-0.1, -0.05) is 6.07 Å². The molecule has 7 heteroatoms. The minimum absolute atomic E-state index is 0.0154. The van der Waals surface area contributed by atoms with E-state index >= 15 is 0 Å². The number of nitro groups is 1. The normalized spacial score (nSPS) is 10.2. The molecule has 2 aromatic carbocycles. The van der Waals surface area contributed by atoms with Gasteiger partial charge in [-0.05, 0) is 30.7 Å². The van der Waals surface area contributed by atoms with Crippen molar-refractivity contribution in [1.82, 2.24) is 0 Å². The van der Waals surface area contributed by atoms with Crippen molar-refractivity contribution in [2.45, 2.75) is 6.92 Å². The molecular weight excluding hydrogens is 279 g/mol. The van der Waals surface area contributed by atoms with E-state index in [0.29, 0.717) is 6.07 Å². The fourth-order valence-corrected chi connectivity index (χ4v) is 1.74. The molecule has 0 heterocycles. The molecule has 0 saturated carbocycles. The molecular formula is C14H11FN2O4. The van der Waals surface area contributed by atoms with Crippen LogP contribution in [0, 0.1) is 22.9 Å². The summed E-state index contributed by atoms with van der Waals surface area (Å²) in [6.07, 6.45) is 0. The van der Waals surface area contributed by atoms with E-state index in [1.54, 1.807) is 13.0 Å². The standard InChI is InChI=1S/C14H11FN2O4/c1-8-2-4-10(13(18)6-8)14(19)16-12-5-3-9(17(20)21)7-11(12)15/h2-7,18H,1H3,(H,16,19). The van der Waals surface area contributed by atoms with Gasteiger partial charge in [0.25, 0.3) is 11.6 Å². The van der Waals surface area contributed by atoms with E-state index in [4.69, 9.17) is 0 Å². The highest BCUT2D eigenvalue weighted by Crippen LogP contribution is 2.23. The summed E-state index contributed by atoms with van der Waals surface area (Å²) in [5.41, 5.74) is 0.137. The Morgan fingerprint density at radius 2 is 2.00 bits per heavy atom. The topological polar surface area (TPSA) is 92.5 Å². The molecule has 0 fully saturated rings. The Bertz CT molecular complexity index is 731. The maximum absolute atomic E-state index is 13.7. The number of phenolic OH excluding ortho intramolecular Hbond substituents is 1. The minimum Gasteiger partial charge on any atom is -0.507 e. The van der Waals surface area contributed by atoms with Crippen molar-refractivity contribution in [3.05, 3.63) is 63.5 Å². The average Bonchev–Trinajstić information content (AvgIpc) is 2.40. The first-order chi connectivity index (χ1) is 9.88. The van der Waals surface area contributed by atoms with Crippen LogP contribution in [0.25, 0.3) is 0 Å². The number of aromatic hydroxyl groups is 1. The second-order valence-electron chi connectivity index (χ2n) is 4.40. The van der Waals surface area contributed by atoms with Gasteiger partial charge in [0.15, 0.2) is 5.82 Å². The highest BCUT2D eigenvalue weighted by molar-refractivity contribution is 6.06. The van der Waals surface area contributed by atoms with Gasteiger partial charge in [-0.3, -0.25) is 14.9 Å². The lowest BCUT2D eigenvalue weighted by molar-refractivity contribution is -0.385. The molecule has 0 saturated heterocycles. The predicted octanol–water partition coefficient (Wildman–Crippen LogP) is 3.00. The number of nitrogens with zero attached hydrogens (tertiary/aromatic N) is 1. The van der Waals surface area contributed by atoms with Gasteiger partial charge in [0.1, 0.15) is 5.75 Å². The number of phenols is 1. The molecule has 1 amide bonds. The molecule has 2 N–H and O–H groups in total. The number of nitro benzene ring substituents is 1. The van der Waals surface area contributed by atoms with Crippen molar-refractivity contribution >= 4 is 17.3 Å². The summed E-state index contributed by atoms with van der Waals surface area (Å²) in [5.74, 6) is -1.86. The summed E-state index contributed by atoms with van der Waals surface area (Å²) in [7, 11) is 0. The maximum atomic E-state index is 13.7. The van der Waals surface area contributed by atoms with Gasteiger partial charge in [0, 0.05) is 6.07 Å². The molecule has 2 rings (SSSR count). The first-order valence-corrected chi connectivity index (χ1v) is 5.93. The molecule has 0 aromatic heterocycles. The Balaban J connectivity index is 2.25. The van der Waals surface area contributed by atoms with Crippen LogP contribution >= 0.6 is 0 Å². The highest BCUT2D eigenvalue weighted by Gasteiger charge is 2.15. The molecule has 0 bridgehead atoms. The number of amides is 1. The number of aryl methyl sites for hydroxylation is 1. The summed E-state index contributed by atoms with van der Waals surface area (Å²) in [6.45, 7) is 1.75. The molecule has 0 aliphatic carbocycles. The smallest absolute Gasteiger partial charge is 0.272 e. The van der Waals surface area contributed by atoms with E-state index < -0.39 is 22.3 Å². The molecule has 0 spiro atoms. The number of rotatable bonds is 3. The van der Waals surface area contributed by atoms with Crippen molar-refractivity contribution in [3.8, 4) is 5.75 Å². The van der Waals surface area contributed by atoms with Gasteiger partial charge in [-0.15, -0.1) is 0 Å². The number of benzene rings is 2. The SMILES string of the molecule is Cc1ccc(C(=O)Nc2ccc([N+](=O)[O-])cc2F)c(O)c1. The first kappa shape index (κ1) is 14.4. The fraction of sp³-hybridized carbons (Fsp3) is 0.0714. The zero-order chi connectivity index (χ0) is 15.6. The second kappa shape index (κ2) is 5.58. The van der Waals surface area contributed by atoms with Crippen LogP contribution in [0.5, 0.6) is 5.75 Å². The van der Waals surface area contributed by atoms with Crippen LogP contribution in [0.15, 0.2) is 36.4 Å². The summed E-state index contributed by atoms with van der Waals surface area (Å²) < 4.78 is 13.7. The molecule has 0 aliphatic rings. The number of halogens is 1. The lowest BCUT2D eigenvalue weighted by atomic mass is 10.1. The lowest BCUT2D eigenvalue weighted by Crippen LogP contribution is -2.13. The molecule has 0 aliphatic heterocycles. The van der Waals surface area contributed by atoms with Gasteiger partial charge in [0.2, 0.25) is 0 Å². The number of carbonyl (C=O) groups is 1. The molecule has 21 heavy (non-hydrogen) atoms. The molecule has 108 valence electrons. The predicted molar refractivity (Wildman–Crippen MR) is 73.9 cm³/mol. The summed E-state index contributed by atoms with van der Waals surface area (Å²) >= 11 is 0. The largest absolute Gasteiger partial charge is 0.507 e. The highest BCUT2D eigenvalue weighted by atomic mass is 19.1. The van der Waals surface area contributed by atoms with Crippen molar-refractivity contribution < 1.29 is 19.2 Å². The number of hydrogen-bond donors (Lipinski definition) is 2. The minimum atomic E-state index is -0.927. The van der Waals surface area contributed by atoms with Gasteiger partial charge in [-0.2, -0.15) is 0 Å². The summed E-state index contributed by atoms with van der Waals surface area (Å²) in [4.78, 5) is 21.7. The Morgan fingerprint density at radius 1 is 1.29 bits per heavy atom. The number of non-ortho nitro benzene ring substituents is 1. The van der Waals surface area contributed by atoms with Crippen LogP contribution in [0.4, 0.5) is 15.8 Å². The Labute approximate surface area is 119 Å². The van der Waals surface area contributed by atoms with E-state index in [1.165, 1.54) is 12.1 Å².